The van der Waals surface area contributed by atoms with Gasteiger partial charge in [-0.15, -0.1) is 0 Å². The van der Waals surface area contributed by atoms with E-state index in [-0.39, 0.29) is 22.8 Å². The van der Waals surface area contributed by atoms with E-state index in [9.17, 15) is 35.9 Å². The predicted octanol–water partition coefficient (Wildman–Crippen LogP) is 10.2. The Balaban J connectivity index is 1.50. The lowest BCUT2D eigenvalue weighted by molar-refractivity contribution is -0.142. The summed E-state index contributed by atoms with van der Waals surface area (Å²) in [6.45, 7) is 5.57. The molecule has 2 heterocycles. The first-order chi connectivity index (χ1) is 22.2. The van der Waals surface area contributed by atoms with Gasteiger partial charge in [-0.1, -0.05) is 60.2 Å². The highest BCUT2D eigenvalue weighted by atomic mass is 19.4. The summed E-state index contributed by atoms with van der Waals surface area (Å²) in [5.74, 6) is -1.04. The van der Waals surface area contributed by atoms with Gasteiger partial charge in [0.15, 0.2) is 0 Å². The topological polar surface area (TPSA) is 42.3 Å². The predicted molar refractivity (Wildman–Crippen MR) is 168 cm³/mol. The highest BCUT2D eigenvalue weighted by molar-refractivity contribution is 6.36. The van der Waals surface area contributed by atoms with Crippen LogP contribution in [-0.4, -0.2) is 16.4 Å². The summed E-state index contributed by atoms with van der Waals surface area (Å²) in [5.41, 5.74) is 1.38. The average molecular weight is 643 g/mol. The Morgan fingerprint density at radius 3 is 1.91 bits per heavy atom. The number of hydrogen-bond donors (Lipinski definition) is 0. The molecule has 4 nitrogen and oxygen atoms in total. The summed E-state index contributed by atoms with van der Waals surface area (Å²) in [6, 6.07) is 21.8. The number of amides is 2. The third-order valence-electron chi connectivity index (χ3n) is 8.63. The number of fused-ring (bicyclic) bond motifs is 4. The SMILES string of the molecule is Cc1cc(C)c(N2C(=O)c3cccc(-n4c5ccccc5c5c(-c6ccc(C(F)(F)F)cc6C(F)(F)F)cccc54)c3C2=O)c(C)c1. The molecular weight excluding hydrogens is 618 g/mol. The number of alkyl halides is 6. The van der Waals surface area contributed by atoms with E-state index in [4.69, 9.17) is 0 Å². The first-order valence-electron chi connectivity index (χ1n) is 14.6. The number of hydrogen-bond acceptors (Lipinski definition) is 2. The van der Waals surface area contributed by atoms with E-state index in [1.54, 1.807) is 53.1 Å². The Kier molecular flexibility index (Phi) is 6.65. The van der Waals surface area contributed by atoms with Gasteiger partial charge in [0.1, 0.15) is 0 Å². The molecule has 0 aliphatic carbocycles. The minimum atomic E-state index is -5.08. The van der Waals surface area contributed by atoms with Crippen molar-refractivity contribution in [3.8, 4) is 16.8 Å². The Hall–Kier alpha value is -5.38. The third kappa shape index (κ3) is 4.61. The lowest BCUT2D eigenvalue weighted by Gasteiger charge is -2.20. The fourth-order valence-electron chi connectivity index (χ4n) is 6.88. The second-order valence-corrected chi connectivity index (χ2v) is 11.7. The van der Waals surface area contributed by atoms with Gasteiger partial charge in [0.2, 0.25) is 0 Å². The number of benzene rings is 5. The fourth-order valence-corrected chi connectivity index (χ4v) is 6.88. The Morgan fingerprint density at radius 1 is 0.596 bits per heavy atom. The Bertz CT molecular complexity index is 2290. The lowest BCUT2D eigenvalue weighted by Crippen LogP contribution is -2.31. The number of imide groups is 1. The zero-order valence-corrected chi connectivity index (χ0v) is 25.1. The van der Waals surface area contributed by atoms with Crippen molar-refractivity contribution in [1.29, 1.82) is 0 Å². The van der Waals surface area contributed by atoms with Gasteiger partial charge >= 0.3 is 12.4 Å². The van der Waals surface area contributed by atoms with Crippen LogP contribution in [0, 0.1) is 20.8 Å². The number of anilines is 1. The van der Waals surface area contributed by atoms with E-state index >= 15 is 0 Å². The molecule has 1 aliphatic rings. The molecule has 1 aromatic heterocycles. The molecule has 5 aromatic carbocycles. The van der Waals surface area contributed by atoms with Crippen LogP contribution < -0.4 is 4.90 Å². The van der Waals surface area contributed by atoms with E-state index in [1.165, 1.54) is 12.1 Å². The molecule has 0 N–H and O–H groups in total. The number of carbonyl (C=O) groups excluding carboxylic acids is 2. The molecule has 0 bridgehead atoms. The number of aromatic nitrogens is 1. The summed E-state index contributed by atoms with van der Waals surface area (Å²) in [5, 5.41) is 0.868. The van der Waals surface area contributed by atoms with Crippen molar-refractivity contribution >= 4 is 39.3 Å². The number of para-hydroxylation sites is 1. The van der Waals surface area contributed by atoms with Crippen LogP contribution in [0.2, 0.25) is 0 Å². The van der Waals surface area contributed by atoms with Crippen LogP contribution >= 0.6 is 0 Å². The summed E-state index contributed by atoms with van der Waals surface area (Å²) in [4.78, 5) is 29.2. The summed E-state index contributed by atoms with van der Waals surface area (Å²) in [7, 11) is 0. The maximum atomic E-state index is 14.3. The largest absolute Gasteiger partial charge is 0.417 e. The number of nitrogens with zero attached hydrogens (tertiary/aromatic N) is 2. The molecule has 6 aromatic rings. The van der Waals surface area contributed by atoms with Crippen LogP contribution in [0.15, 0.2) is 91.0 Å². The number of carbonyl (C=O) groups is 2. The second kappa shape index (κ2) is 10.3. The van der Waals surface area contributed by atoms with Crippen LogP contribution in [0.4, 0.5) is 32.0 Å². The highest BCUT2D eigenvalue weighted by Crippen LogP contribution is 2.46. The monoisotopic (exact) mass is 642 g/mol. The van der Waals surface area contributed by atoms with E-state index in [0.717, 1.165) is 27.7 Å². The minimum absolute atomic E-state index is 0.0704. The minimum Gasteiger partial charge on any atom is -0.308 e. The number of rotatable bonds is 3. The van der Waals surface area contributed by atoms with Crippen LogP contribution in [0.5, 0.6) is 0 Å². The van der Waals surface area contributed by atoms with Gasteiger partial charge in [0.05, 0.1) is 44.7 Å². The molecule has 2 amide bonds. The Labute approximate surface area is 264 Å². The molecule has 7 rings (SSSR count). The molecule has 0 saturated carbocycles. The maximum absolute atomic E-state index is 14.3. The zero-order valence-electron chi connectivity index (χ0n) is 25.1. The molecule has 0 fully saturated rings. The standard InChI is InChI=1S/C37H24F6N2O2/c1-19-16-20(2)33(21(3)17-19)45-34(46)26-10-7-13-30(32(26)35(45)47)44-28-11-5-4-8-25(28)31-24(9-6-12-29(31)44)23-15-14-22(36(38,39)40)18-27(23)37(41,42)43/h4-18H,1-3H3. The normalized spacial score (nSPS) is 13.7. The van der Waals surface area contributed by atoms with Gasteiger partial charge < -0.3 is 4.57 Å². The lowest BCUT2D eigenvalue weighted by atomic mass is 9.93. The van der Waals surface area contributed by atoms with E-state index in [2.05, 4.69) is 0 Å². The molecule has 0 atom stereocenters. The Morgan fingerprint density at radius 2 is 1.23 bits per heavy atom. The molecule has 236 valence electrons. The van der Waals surface area contributed by atoms with Gasteiger partial charge in [0, 0.05) is 10.8 Å². The van der Waals surface area contributed by atoms with Crippen molar-refractivity contribution in [3.63, 3.8) is 0 Å². The third-order valence-corrected chi connectivity index (χ3v) is 8.63. The zero-order chi connectivity index (χ0) is 33.6. The van der Waals surface area contributed by atoms with Crippen molar-refractivity contribution in [1.82, 2.24) is 4.57 Å². The van der Waals surface area contributed by atoms with Gasteiger partial charge in [-0.3, -0.25) is 9.59 Å². The van der Waals surface area contributed by atoms with Gasteiger partial charge in [-0.05, 0) is 79.4 Å². The smallest absolute Gasteiger partial charge is 0.308 e. The van der Waals surface area contributed by atoms with Gasteiger partial charge in [0.25, 0.3) is 11.8 Å². The summed E-state index contributed by atoms with van der Waals surface area (Å²) in [6.07, 6.45) is -10.1. The van der Waals surface area contributed by atoms with Crippen molar-refractivity contribution < 1.29 is 35.9 Å². The average Bonchev–Trinajstić information content (AvgIpc) is 3.47. The number of halogens is 6. The molecular formula is C37H24F6N2O2. The molecule has 10 heteroatoms. The van der Waals surface area contributed by atoms with Crippen molar-refractivity contribution in [3.05, 3.63) is 130 Å². The molecule has 47 heavy (non-hydrogen) atoms. The molecule has 0 radical (unpaired) electrons. The fraction of sp³-hybridized carbons (Fsp3) is 0.135. The van der Waals surface area contributed by atoms with E-state index < -0.39 is 40.9 Å². The second-order valence-electron chi connectivity index (χ2n) is 11.7. The van der Waals surface area contributed by atoms with Crippen LogP contribution in [0.3, 0.4) is 0 Å². The van der Waals surface area contributed by atoms with Crippen LogP contribution in [0.25, 0.3) is 38.6 Å². The summed E-state index contributed by atoms with van der Waals surface area (Å²) < 4.78 is 85.1. The molecule has 1 aliphatic heterocycles. The van der Waals surface area contributed by atoms with E-state index in [1.807, 2.05) is 32.9 Å². The first kappa shape index (κ1) is 30.3. The number of aryl methyl sites for hydroxylation is 3. The van der Waals surface area contributed by atoms with E-state index in [0.29, 0.717) is 39.2 Å². The quantitative estimate of drug-likeness (QED) is 0.142. The van der Waals surface area contributed by atoms with Crippen molar-refractivity contribution in [2.45, 2.75) is 33.1 Å². The van der Waals surface area contributed by atoms with Gasteiger partial charge in [-0.25, -0.2) is 4.90 Å². The summed E-state index contributed by atoms with van der Waals surface area (Å²) >= 11 is 0. The van der Waals surface area contributed by atoms with Crippen LogP contribution in [-0.2, 0) is 12.4 Å². The molecule has 0 saturated heterocycles. The van der Waals surface area contributed by atoms with Crippen molar-refractivity contribution in [2.24, 2.45) is 0 Å². The molecule has 0 spiro atoms. The van der Waals surface area contributed by atoms with Gasteiger partial charge in [-0.2, -0.15) is 26.3 Å². The highest BCUT2D eigenvalue weighted by Gasteiger charge is 2.41. The first-order valence-corrected chi connectivity index (χ1v) is 14.6. The maximum Gasteiger partial charge on any atom is 0.417 e. The van der Waals surface area contributed by atoms with Crippen LogP contribution in [0.1, 0.15) is 48.5 Å². The van der Waals surface area contributed by atoms with Crippen molar-refractivity contribution in [2.75, 3.05) is 4.90 Å². The molecule has 0 unspecified atom stereocenters.